The number of halogens is 1. The molecule has 9 nitrogen and oxygen atoms in total. The molecule has 0 spiro atoms. The Morgan fingerprint density at radius 2 is 2.06 bits per heavy atom. The largest absolute Gasteiger partial charge is 0.504 e. The Morgan fingerprint density at radius 1 is 1.26 bits per heavy atom. The van der Waals surface area contributed by atoms with E-state index in [4.69, 9.17) is 25.6 Å². The van der Waals surface area contributed by atoms with Crippen molar-refractivity contribution in [1.82, 2.24) is 20.4 Å². The zero-order valence-electron chi connectivity index (χ0n) is 19.3. The number of hydrogen-bond acceptors (Lipinski definition) is 7. The molecule has 0 saturated carbocycles. The van der Waals surface area contributed by atoms with Crippen molar-refractivity contribution in [2.75, 3.05) is 20.3 Å². The Hall–Kier alpha value is -3.56. The quantitative estimate of drug-likeness (QED) is 0.505. The minimum atomic E-state index is -0.626. The number of methoxy groups -OCH3 is 1. The highest BCUT2D eigenvalue weighted by Gasteiger charge is 2.37. The van der Waals surface area contributed by atoms with Gasteiger partial charge in [-0.2, -0.15) is 4.98 Å². The van der Waals surface area contributed by atoms with Gasteiger partial charge in [0.05, 0.1) is 31.4 Å². The summed E-state index contributed by atoms with van der Waals surface area (Å²) >= 11 is 6.01. The van der Waals surface area contributed by atoms with Crippen LogP contribution in [-0.2, 0) is 4.74 Å². The zero-order valence-corrected chi connectivity index (χ0v) is 20.1. The highest BCUT2D eigenvalue weighted by molar-refractivity contribution is 6.30. The van der Waals surface area contributed by atoms with Crippen molar-refractivity contribution in [1.29, 1.82) is 0 Å². The molecule has 5 rings (SSSR count). The van der Waals surface area contributed by atoms with Crippen LogP contribution in [0.2, 0.25) is 5.02 Å². The first kappa shape index (κ1) is 23.2. The van der Waals surface area contributed by atoms with E-state index < -0.39 is 6.04 Å². The molecule has 2 aromatic carbocycles. The molecule has 2 atom stereocenters. The van der Waals surface area contributed by atoms with Gasteiger partial charge in [0.1, 0.15) is 0 Å². The van der Waals surface area contributed by atoms with E-state index in [0.717, 1.165) is 18.4 Å². The lowest BCUT2D eigenvalue weighted by atomic mass is 9.94. The van der Waals surface area contributed by atoms with Gasteiger partial charge in [0.2, 0.25) is 5.82 Å². The highest BCUT2D eigenvalue weighted by Crippen LogP contribution is 2.40. The molecule has 2 aliphatic rings. The van der Waals surface area contributed by atoms with Crippen LogP contribution < -0.4 is 10.1 Å². The van der Waals surface area contributed by atoms with Crippen molar-refractivity contribution < 1.29 is 23.9 Å². The number of hydrogen-bond donors (Lipinski definition) is 2. The van der Waals surface area contributed by atoms with Gasteiger partial charge in [0.25, 0.3) is 5.89 Å². The summed E-state index contributed by atoms with van der Waals surface area (Å²) in [5, 5.41) is 18.2. The fourth-order valence-corrected chi connectivity index (χ4v) is 4.58. The first-order valence-corrected chi connectivity index (χ1v) is 11.7. The summed E-state index contributed by atoms with van der Waals surface area (Å²) in [5.74, 6) is 0.965. The van der Waals surface area contributed by atoms with Crippen LogP contribution in [0.3, 0.4) is 0 Å². The van der Waals surface area contributed by atoms with Crippen LogP contribution in [0.1, 0.15) is 37.3 Å². The van der Waals surface area contributed by atoms with Crippen LogP contribution in [0.15, 0.2) is 52.7 Å². The summed E-state index contributed by atoms with van der Waals surface area (Å²) in [5.41, 5.74) is 2.71. The smallest absolute Gasteiger partial charge is 0.322 e. The van der Waals surface area contributed by atoms with Gasteiger partial charge in [0.15, 0.2) is 11.5 Å². The number of benzene rings is 2. The predicted octanol–water partition coefficient (Wildman–Crippen LogP) is 4.78. The summed E-state index contributed by atoms with van der Waals surface area (Å²) in [6.07, 6.45) is 1.83. The first-order valence-electron chi connectivity index (χ1n) is 11.3. The van der Waals surface area contributed by atoms with Gasteiger partial charge in [-0.15, -0.1) is 0 Å². The van der Waals surface area contributed by atoms with E-state index in [0.29, 0.717) is 46.6 Å². The van der Waals surface area contributed by atoms with Gasteiger partial charge in [-0.25, -0.2) is 4.79 Å². The second-order valence-electron chi connectivity index (χ2n) is 8.49. The van der Waals surface area contributed by atoms with E-state index in [1.54, 1.807) is 35.2 Å². The number of nitrogens with one attached hydrogen (secondary N) is 1. The minimum absolute atomic E-state index is 0.0363. The Bertz CT molecular complexity index is 1270. The minimum Gasteiger partial charge on any atom is -0.504 e. The summed E-state index contributed by atoms with van der Waals surface area (Å²) < 4.78 is 16.6. The van der Waals surface area contributed by atoms with Crippen LogP contribution in [0.25, 0.3) is 17.0 Å². The molecule has 0 bridgehead atoms. The molecule has 1 aromatic heterocycles. The van der Waals surface area contributed by atoms with Crippen LogP contribution in [0, 0.1) is 0 Å². The van der Waals surface area contributed by atoms with E-state index in [2.05, 4.69) is 15.5 Å². The van der Waals surface area contributed by atoms with Crippen LogP contribution in [0.5, 0.6) is 11.5 Å². The molecule has 0 aliphatic carbocycles. The monoisotopic (exact) mass is 496 g/mol. The molecule has 3 heterocycles. The predicted molar refractivity (Wildman–Crippen MR) is 129 cm³/mol. The van der Waals surface area contributed by atoms with Crippen molar-refractivity contribution in [3.8, 4) is 22.9 Å². The zero-order chi connectivity index (χ0) is 24.5. The lowest BCUT2D eigenvalue weighted by Crippen LogP contribution is -2.48. The molecule has 1 fully saturated rings. The van der Waals surface area contributed by atoms with Gasteiger partial charge < -0.3 is 24.4 Å². The Labute approximate surface area is 207 Å². The van der Waals surface area contributed by atoms with Crippen LogP contribution in [-0.4, -0.2) is 52.5 Å². The van der Waals surface area contributed by atoms with Crippen molar-refractivity contribution >= 4 is 23.2 Å². The summed E-state index contributed by atoms with van der Waals surface area (Å²) in [4.78, 5) is 19.5. The van der Waals surface area contributed by atoms with Gasteiger partial charge in [-0.05, 0) is 61.7 Å². The third-order valence-corrected chi connectivity index (χ3v) is 6.55. The average molecular weight is 497 g/mol. The van der Waals surface area contributed by atoms with E-state index in [1.165, 1.54) is 7.11 Å². The molecule has 35 heavy (non-hydrogen) atoms. The number of urea groups is 1. The molecular weight excluding hydrogens is 472 g/mol. The Balaban J connectivity index is 1.57. The van der Waals surface area contributed by atoms with E-state index >= 15 is 0 Å². The van der Waals surface area contributed by atoms with Crippen LogP contribution in [0.4, 0.5) is 4.79 Å². The number of amides is 2. The number of nitrogens with zero attached hydrogens (tertiary/aromatic N) is 3. The van der Waals surface area contributed by atoms with Gasteiger partial charge in [-0.3, -0.25) is 4.90 Å². The standard InChI is InChI=1S/C25H25ClN4O5/c1-14-21(24-28-23(29-35-24)15-5-8-17(26)9-6-15)22(16-7-10-20(33-2)19(31)12-16)27-25(32)30(14)13-18-4-3-11-34-18/h5-10,12,18,22,31H,3-4,11,13H2,1-2H3,(H,27,32). The number of ether oxygens (including phenoxy) is 2. The maximum Gasteiger partial charge on any atom is 0.322 e. The van der Waals surface area contributed by atoms with Gasteiger partial charge in [-0.1, -0.05) is 22.8 Å². The fourth-order valence-electron chi connectivity index (χ4n) is 4.46. The average Bonchev–Trinajstić information content (AvgIpc) is 3.54. The van der Waals surface area contributed by atoms with E-state index in [9.17, 15) is 9.90 Å². The van der Waals surface area contributed by atoms with E-state index in [1.807, 2.05) is 19.1 Å². The number of carbonyl (C=O) groups excluding carboxylic acids is 1. The highest BCUT2D eigenvalue weighted by atomic mass is 35.5. The fraction of sp³-hybridized carbons (Fsp3) is 0.320. The molecule has 1 saturated heterocycles. The normalized spacial score (nSPS) is 20.3. The lowest BCUT2D eigenvalue weighted by Gasteiger charge is -2.36. The number of carbonyl (C=O) groups is 1. The molecule has 2 amide bonds. The number of phenols is 1. The summed E-state index contributed by atoms with van der Waals surface area (Å²) in [6.45, 7) is 2.96. The SMILES string of the molecule is COc1ccc(C2NC(=O)N(CC3CCCO3)C(C)=C2c2nc(-c3ccc(Cl)cc3)no2)cc1O. The number of aromatic nitrogens is 2. The molecular formula is C25H25ClN4O5. The summed E-state index contributed by atoms with van der Waals surface area (Å²) in [7, 11) is 1.48. The topological polar surface area (TPSA) is 110 Å². The molecule has 0 radical (unpaired) electrons. The van der Waals surface area contributed by atoms with Crippen LogP contribution >= 0.6 is 11.6 Å². The molecule has 2 N–H and O–H groups in total. The third kappa shape index (κ3) is 4.56. The van der Waals surface area contributed by atoms with Gasteiger partial charge >= 0.3 is 6.03 Å². The van der Waals surface area contributed by atoms with Crippen molar-refractivity contribution in [2.24, 2.45) is 0 Å². The maximum atomic E-state index is 13.2. The molecule has 2 unspecified atom stereocenters. The van der Waals surface area contributed by atoms with Gasteiger partial charge in [0, 0.05) is 22.9 Å². The third-order valence-electron chi connectivity index (χ3n) is 6.30. The summed E-state index contributed by atoms with van der Waals surface area (Å²) in [6, 6.07) is 11.2. The van der Waals surface area contributed by atoms with Crippen molar-refractivity contribution in [3.05, 3.63) is 64.6 Å². The Kier molecular flexibility index (Phi) is 6.36. The maximum absolute atomic E-state index is 13.2. The Morgan fingerprint density at radius 3 is 2.74 bits per heavy atom. The van der Waals surface area contributed by atoms with Crippen molar-refractivity contribution in [3.63, 3.8) is 0 Å². The molecule has 2 aliphatic heterocycles. The first-order chi connectivity index (χ1) is 16.9. The molecule has 10 heteroatoms. The molecule has 3 aromatic rings. The molecule has 182 valence electrons. The number of allylic oxidation sites excluding steroid dienone is 1. The second-order valence-corrected chi connectivity index (χ2v) is 8.92. The second kappa shape index (κ2) is 9.59. The number of phenolic OH excluding ortho intramolecular Hbond substituents is 1. The number of rotatable bonds is 6. The van der Waals surface area contributed by atoms with E-state index in [-0.39, 0.29) is 23.8 Å². The number of aromatic hydroxyl groups is 1. The lowest BCUT2D eigenvalue weighted by molar-refractivity contribution is 0.0877. The van der Waals surface area contributed by atoms with Crippen molar-refractivity contribution in [2.45, 2.75) is 31.9 Å².